The SMILES string of the molecule is CCCS(=O)Nc1ccc(F)c(NC(=O)c2csc3c(NCCO)ncnc23)c1F. The van der Waals surface area contributed by atoms with Gasteiger partial charge in [0, 0.05) is 17.7 Å². The molecule has 3 aromatic rings. The van der Waals surface area contributed by atoms with Crippen LogP contribution in [-0.2, 0) is 11.0 Å². The summed E-state index contributed by atoms with van der Waals surface area (Å²) in [6, 6.07) is 2.11. The summed E-state index contributed by atoms with van der Waals surface area (Å²) in [5.74, 6) is -2.02. The normalized spacial score (nSPS) is 12.0. The van der Waals surface area contributed by atoms with Gasteiger partial charge in [0.1, 0.15) is 34.6 Å². The van der Waals surface area contributed by atoms with E-state index >= 15 is 0 Å². The predicted octanol–water partition coefficient (Wildman–Crippen LogP) is 3.11. The number of amides is 1. The lowest BCUT2D eigenvalue weighted by Crippen LogP contribution is -2.16. The number of aromatic nitrogens is 2. The molecule has 0 saturated heterocycles. The molecule has 0 saturated carbocycles. The van der Waals surface area contributed by atoms with Crippen molar-refractivity contribution >= 4 is 55.6 Å². The van der Waals surface area contributed by atoms with Gasteiger partial charge in [-0.1, -0.05) is 6.92 Å². The molecule has 4 N–H and O–H groups in total. The van der Waals surface area contributed by atoms with Crippen LogP contribution >= 0.6 is 11.3 Å². The number of carbonyl (C=O) groups excluding carboxylic acids is 1. The van der Waals surface area contributed by atoms with Crippen molar-refractivity contribution in [3.05, 3.63) is 41.0 Å². The van der Waals surface area contributed by atoms with Crippen molar-refractivity contribution in [2.45, 2.75) is 13.3 Å². The highest BCUT2D eigenvalue weighted by atomic mass is 32.2. The summed E-state index contributed by atoms with van der Waals surface area (Å²) in [7, 11) is -1.53. The highest BCUT2D eigenvalue weighted by Crippen LogP contribution is 2.31. The number of nitrogens with one attached hydrogen (secondary N) is 3. The molecule has 0 radical (unpaired) electrons. The van der Waals surface area contributed by atoms with Crippen LogP contribution in [0.3, 0.4) is 0 Å². The minimum atomic E-state index is -1.53. The molecule has 1 atom stereocenters. The van der Waals surface area contributed by atoms with E-state index in [0.717, 1.165) is 12.1 Å². The quantitative estimate of drug-likeness (QED) is 0.394. The summed E-state index contributed by atoms with van der Waals surface area (Å²) in [6.45, 7) is 1.99. The molecule has 160 valence electrons. The highest BCUT2D eigenvalue weighted by Gasteiger charge is 2.21. The minimum Gasteiger partial charge on any atom is -0.395 e. The first-order valence-corrected chi connectivity index (χ1v) is 11.2. The van der Waals surface area contributed by atoms with Crippen molar-refractivity contribution in [3.63, 3.8) is 0 Å². The van der Waals surface area contributed by atoms with E-state index in [1.165, 1.54) is 23.0 Å². The van der Waals surface area contributed by atoms with E-state index < -0.39 is 34.2 Å². The number of hydrogen-bond acceptors (Lipinski definition) is 7. The third-order valence-electron chi connectivity index (χ3n) is 3.95. The van der Waals surface area contributed by atoms with Crippen molar-refractivity contribution in [3.8, 4) is 0 Å². The van der Waals surface area contributed by atoms with Crippen LogP contribution in [0.2, 0.25) is 0 Å². The van der Waals surface area contributed by atoms with Crippen molar-refractivity contribution < 1.29 is 22.9 Å². The second-order valence-electron chi connectivity index (χ2n) is 6.09. The second kappa shape index (κ2) is 9.87. The topological polar surface area (TPSA) is 116 Å². The molecule has 12 heteroatoms. The lowest BCUT2D eigenvalue weighted by molar-refractivity contribution is 0.102. The largest absolute Gasteiger partial charge is 0.395 e. The molecule has 2 aromatic heterocycles. The van der Waals surface area contributed by atoms with Gasteiger partial charge in [0.15, 0.2) is 5.82 Å². The van der Waals surface area contributed by atoms with Gasteiger partial charge < -0.3 is 20.5 Å². The Morgan fingerprint density at radius 3 is 2.83 bits per heavy atom. The smallest absolute Gasteiger partial charge is 0.258 e. The van der Waals surface area contributed by atoms with Gasteiger partial charge in [-0.3, -0.25) is 4.79 Å². The first-order valence-electron chi connectivity index (χ1n) is 8.97. The fourth-order valence-corrected chi connectivity index (χ4v) is 4.44. The lowest BCUT2D eigenvalue weighted by Gasteiger charge is -2.12. The zero-order chi connectivity index (χ0) is 21.7. The van der Waals surface area contributed by atoms with Crippen molar-refractivity contribution in [2.75, 3.05) is 34.3 Å². The maximum atomic E-state index is 14.7. The average Bonchev–Trinajstić information content (AvgIpc) is 3.16. The van der Waals surface area contributed by atoms with Gasteiger partial charge in [0.25, 0.3) is 5.91 Å². The van der Waals surface area contributed by atoms with Gasteiger partial charge in [-0.05, 0) is 18.6 Å². The van der Waals surface area contributed by atoms with Crippen LogP contribution in [-0.4, -0.2) is 44.1 Å². The number of anilines is 3. The maximum Gasteiger partial charge on any atom is 0.258 e. The maximum absolute atomic E-state index is 14.7. The Bertz CT molecular complexity index is 1090. The first kappa shape index (κ1) is 22.0. The van der Waals surface area contributed by atoms with Gasteiger partial charge >= 0.3 is 0 Å². The predicted molar refractivity (Wildman–Crippen MR) is 114 cm³/mol. The molecule has 1 unspecified atom stereocenters. The van der Waals surface area contributed by atoms with Crippen LogP contribution < -0.4 is 15.4 Å². The fraction of sp³-hybridized carbons (Fsp3) is 0.278. The number of benzene rings is 1. The monoisotopic (exact) mass is 455 g/mol. The molecule has 30 heavy (non-hydrogen) atoms. The Kier molecular flexibility index (Phi) is 7.24. The Balaban J connectivity index is 1.88. The number of rotatable bonds is 9. The molecule has 1 aromatic carbocycles. The lowest BCUT2D eigenvalue weighted by atomic mass is 10.2. The van der Waals surface area contributed by atoms with E-state index in [4.69, 9.17) is 5.11 Å². The Morgan fingerprint density at radius 1 is 1.30 bits per heavy atom. The standard InChI is InChI=1S/C18H19F2N5O3S2/c1-2-7-30(28)25-12-4-3-11(19)15(13(12)20)24-18(27)10-8-29-16-14(10)22-9-23-17(16)21-5-6-26/h3-4,8-9,25-26H,2,5-7H2,1H3,(H,24,27)(H,21,22,23). The molecule has 2 heterocycles. The zero-order valence-corrected chi connectivity index (χ0v) is 17.5. The molecule has 0 aliphatic rings. The zero-order valence-electron chi connectivity index (χ0n) is 15.9. The van der Waals surface area contributed by atoms with Gasteiger partial charge in [0.2, 0.25) is 0 Å². The third-order valence-corrected chi connectivity index (χ3v) is 6.15. The molecular weight excluding hydrogens is 436 g/mol. The van der Waals surface area contributed by atoms with Crippen molar-refractivity contribution in [2.24, 2.45) is 0 Å². The fourth-order valence-electron chi connectivity index (χ4n) is 2.60. The third kappa shape index (κ3) is 4.71. The number of aliphatic hydroxyl groups excluding tert-OH is 1. The molecule has 0 aliphatic heterocycles. The van der Waals surface area contributed by atoms with E-state index in [2.05, 4.69) is 25.3 Å². The summed E-state index contributed by atoms with van der Waals surface area (Å²) >= 11 is 1.19. The summed E-state index contributed by atoms with van der Waals surface area (Å²) in [5, 5.41) is 15.6. The Hall–Kier alpha value is -2.70. The summed E-state index contributed by atoms with van der Waals surface area (Å²) < 4.78 is 43.9. The number of halogens is 2. The molecule has 8 nitrogen and oxygen atoms in total. The second-order valence-corrected chi connectivity index (χ2v) is 8.27. The highest BCUT2D eigenvalue weighted by molar-refractivity contribution is 7.86. The summed E-state index contributed by atoms with van der Waals surface area (Å²) in [6.07, 6.45) is 1.87. The van der Waals surface area contributed by atoms with E-state index in [1.54, 1.807) is 0 Å². The first-order chi connectivity index (χ1) is 14.5. The van der Waals surface area contributed by atoms with E-state index in [-0.39, 0.29) is 24.4 Å². The molecule has 1 amide bonds. The van der Waals surface area contributed by atoms with Crippen molar-refractivity contribution in [1.29, 1.82) is 0 Å². The Labute approximate surface area is 177 Å². The number of thiophene rings is 1. The molecule has 0 bridgehead atoms. The van der Waals surface area contributed by atoms with Gasteiger partial charge in [-0.2, -0.15) is 0 Å². The summed E-state index contributed by atoms with van der Waals surface area (Å²) in [5.41, 5.74) is -0.389. The number of carbonyl (C=O) groups is 1. The molecule has 0 spiro atoms. The van der Waals surface area contributed by atoms with Crippen LogP contribution in [0, 0.1) is 11.6 Å². The number of hydrogen-bond donors (Lipinski definition) is 4. The van der Waals surface area contributed by atoms with Crippen LogP contribution in [0.25, 0.3) is 10.2 Å². The number of fused-ring (bicyclic) bond motifs is 1. The van der Waals surface area contributed by atoms with Crippen molar-refractivity contribution in [1.82, 2.24) is 9.97 Å². The van der Waals surface area contributed by atoms with Crippen LogP contribution in [0.15, 0.2) is 23.8 Å². The van der Waals surface area contributed by atoms with E-state index in [1.807, 2.05) is 6.92 Å². The molecule has 0 aliphatic carbocycles. The number of aliphatic hydroxyl groups is 1. The van der Waals surface area contributed by atoms with E-state index in [0.29, 0.717) is 28.2 Å². The molecular formula is C18H19F2N5O3S2. The van der Waals surface area contributed by atoms with Gasteiger partial charge in [0.05, 0.1) is 28.1 Å². The molecule has 3 rings (SSSR count). The van der Waals surface area contributed by atoms with Crippen LogP contribution in [0.5, 0.6) is 0 Å². The summed E-state index contributed by atoms with van der Waals surface area (Å²) in [4.78, 5) is 20.9. The Morgan fingerprint density at radius 2 is 2.10 bits per heavy atom. The van der Waals surface area contributed by atoms with Crippen LogP contribution in [0.4, 0.5) is 26.0 Å². The van der Waals surface area contributed by atoms with E-state index in [9.17, 15) is 17.8 Å². The molecule has 0 fully saturated rings. The van der Waals surface area contributed by atoms with Crippen LogP contribution in [0.1, 0.15) is 23.7 Å². The number of nitrogens with zero attached hydrogens (tertiary/aromatic N) is 2. The minimum absolute atomic E-state index is 0.101. The average molecular weight is 456 g/mol. The van der Waals surface area contributed by atoms with Gasteiger partial charge in [-0.25, -0.2) is 23.0 Å². The van der Waals surface area contributed by atoms with Gasteiger partial charge in [-0.15, -0.1) is 11.3 Å².